The zero-order valence-electron chi connectivity index (χ0n) is 8.86. The van der Waals surface area contributed by atoms with Gasteiger partial charge in [0.15, 0.2) is 0 Å². The first-order chi connectivity index (χ1) is 6.48. The minimum absolute atomic E-state index is 0.328. The van der Waals surface area contributed by atoms with E-state index in [0.717, 1.165) is 13.0 Å². The van der Waals surface area contributed by atoms with Crippen molar-refractivity contribution >= 4 is 5.97 Å². The molecule has 1 aliphatic heterocycles. The summed E-state index contributed by atoms with van der Waals surface area (Å²) < 4.78 is 0. The van der Waals surface area contributed by atoms with Gasteiger partial charge in [0, 0.05) is 13.1 Å². The first kappa shape index (κ1) is 11.5. The lowest BCUT2D eigenvalue weighted by molar-refractivity contribution is -0.147. The second kappa shape index (κ2) is 4.28. The van der Waals surface area contributed by atoms with E-state index in [9.17, 15) is 9.90 Å². The van der Waals surface area contributed by atoms with Gasteiger partial charge in [0.25, 0.3) is 0 Å². The summed E-state index contributed by atoms with van der Waals surface area (Å²) in [5, 5.41) is 18.4. The Labute approximate surface area is 84.5 Å². The van der Waals surface area contributed by atoms with E-state index in [-0.39, 0.29) is 6.10 Å². The van der Waals surface area contributed by atoms with Crippen LogP contribution in [0.5, 0.6) is 0 Å². The van der Waals surface area contributed by atoms with Crippen molar-refractivity contribution in [1.82, 2.24) is 4.90 Å². The van der Waals surface area contributed by atoms with Gasteiger partial charge in [0.05, 0.1) is 11.5 Å². The number of hydrogen-bond acceptors (Lipinski definition) is 3. The minimum atomic E-state index is -0.731. The maximum Gasteiger partial charge on any atom is 0.310 e. The highest BCUT2D eigenvalue weighted by atomic mass is 16.4. The molecule has 0 aromatic rings. The highest BCUT2D eigenvalue weighted by Crippen LogP contribution is 2.30. The van der Waals surface area contributed by atoms with Gasteiger partial charge in [0.1, 0.15) is 0 Å². The zero-order chi connectivity index (χ0) is 10.8. The molecule has 2 unspecified atom stereocenters. The van der Waals surface area contributed by atoms with Crippen LogP contribution in [-0.4, -0.2) is 46.8 Å². The number of aliphatic hydroxyl groups is 1. The molecule has 0 aliphatic carbocycles. The Balaban J connectivity index is 2.45. The molecule has 1 heterocycles. The molecule has 0 radical (unpaired) electrons. The lowest BCUT2D eigenvalue weighted by atomic mass is 9.90. The fraction of sp³-hybridized carbons (Fsp3) is 0.900. The van der Waals surface area contributed by atoms with Crippen molar-refractivity contribution in [1.29, 1.82) is 0 Å². The van der Waals surface area contributed by atoms with Crippen LogP contribution in [0.3, 0.4) is 0 Å². The summed E-state index contributed by atoms with van der Waals surface area (Å²) in [5.41, 5.74) is -0.618. The molecule has 1 rings (SSSR count). The summed E-state index contributed by atoms with van der Waals surface area (Å²) in [6.07, 6.45) is 1.07. The molecule has 14 heavy (non-hydrogen) atoms. The molecule has 4 heteroatoms. The Kier molecular flexibility index (Phi) is 3.50. The van der Waals surface area contributed by atoms with Crippen LogP contribution in [0.15, 0.2) is 0 Å². The van der Waals surface area contributed by atoms with Crippen LogP contribution in [0, 0.1) is 5.41 Å². The first-order valence-electron chi connectivity index (χ1n) is 5.12. The van der Waals surface area contributed by atoms with Gasteiger partial charge in [-0.1, -0.05) is 6.92 Å². The second-order valence-electron chi connectivity index (χ2n) is 4.41. The lowest BCUT2D eigenvalue weighted by Crippen LogP contribution is -2.35. The van der Waals surface area contributed by atoms with Crippen LogP contribution in [-0.2, 0) is 4.79 Å². The molecule has 0 aromatic heterocycles. The largest absolute Gasteiger partial charge is 0.481 e. The lowest BCUT2D eigenvalue weighted by Gasteiger charge is -2.21. The van der Waals surface area contributed by atoms with E-state index in [1.807, 2.05) is 11.8 Å². The number of carbonyl (C=O) groups is 1. The Morgan fingerprint density at radius 3 is 2.71 bits per heavy atom. The van der Waals surface area contributed by atoms with Crippen molar-refractivity contribution in [2.24, 2.45) is 5.41 Å². The van der Waals surface area contributed by atoms with Gasteiger partial charge in [-0.2, -0.15) is 0 Å². The maximum atomic E-state index is 10.9. The van der Waals surface area contributed by atoms with Gasteiger partial charge >= 0.3 is 5.97 Å². The topological polar surface area (TPSA) is 60.8 Å². The summed E-state index contributed by atoms with van der Waals surface area (Å²) in [6.45, 7) is 5.63. The van der Waals surface area contributed by atoms with Crippen LogP contribution < -0.4 is 0 Å². The number of aliphatic hydroxyl groups excluding tert-OH is 1. The predicted molar refractivity (Wildman–Crippen MR) is 53.1 cm³/mol. The molecular weight excluding hydrogens is 182 g/mol. The summed E-state index contributed by atoms with van der Waals surface area (Å²) in [7, 11) is 0. The van der Waals surface area contributed by atoms with Gasteiger partial charge in [0.2, 0.25) is 0 Å². The number of rotatable bonds is 4. The van der Waals surface area contributed by atoms with Crippen molar-refractivity contribution in [3.63, 3.8) is 0 Å². The molecule has 4 nitrogen and oxygen atoms in total. The van der Waals surface area contributed by atoms with E-state index in [2.05, 4.69) is 0 Å². The molecule has 2 N–H and O–H groups in total. The quantitative estimate of drug-likeness (QED) is 0.697. The molecular formula is C10H19NO3. The van der Waals surface area contributed by atoms with E-state index in [4.69, 9.17) is 5.11 Å². The standard InChI is InChI=1S/C10H19NO3/c1-3-8(12)6-11-5-4-10(2,7-11)9(13)14/h8,12H,3-7H2,1-2H3,(H,13,14). The number of aliphatic carboxylic acids is 1. The molecule has 0 saturated carbocycles. The number of hydrogen-bond donors (Lipinski definition) is 2. The average Bonchev–Trinajstić information content (AvgIpc) is 2.49. The third-order valence-corrected chi connectivity index (χ3v) is 3.01. The van der Waals surface area contributed by atoms with Crippen LogP contribution in [0.4, 0.5) is 0 Å². The number of likely N-dealkylation sites (tertiary alicyclic amines) is 1. The van der Waals surface area contributed by atoms with E-state index in [1.54, 1.807) is 6.92 Å². The summed E-state index contributed by atoms with van der Waals surface area (Å²) in [6, 6.07) is 0. The molecule has 1 fully saturated rings. The molecule has 1 saturated heterocycles. The third kappa shape index (κ3) is 2.45. The third-order valence-electron chi connectivity index (χ3n) is 3.01. The smallest absolute Gasteiger partial charge is 0.310 e. The Hall–Kier alpha value is -0.610. The highest BCUT2D eigenvalue weighted by molar-refractivity contribution is 5.74. The fourth-order valence-corrected chi connectivity index (χ4v) is 1.81. The molecule has 0 aromatic carbocycles. The SMILES string of the molecule is CCC(O)CN1CCC(C)(C(=O)O)C1. The zero-order valence-corrected chi connectivity index (χ0v) is 8.86. The van der Waals surface area contributed by atoms with Crippen molar-refractivity contribution in [2.45, 2.75) is 32.8 Å². The minimum Gasteiger partial charge on any atom is -0.481 e. The van der Waals surface area contributed by atoms with E-state index < -0.39 is 11.4 Å². The molecule has 1 aliphatic rings. The van der Waals surface area contributed by atoms with E-state index >= 15 is 0 Å². The summed E-state index contributed by atoms with van der Waals surface area (Å²) >= 11 is 0. The summed E-state index contributed by atoms with van der Waals surface area (Å²) in [5.74, 6) is -0.731. The Morgan fingerprint density at radius 2 is 2.29 bits per heavy atom. The van der Waals surface area contributed by atoms with Crippen molar-refractivity contribution in [3.8, 4) is 0 Å². The molecule has 0 bridgehead atoms. The van der Waals surface area contributed by atoms with Gasteiger partial charge in [-0.05, 0) is 26.3 Å². The number of carboxylic acid groups (broad SMARTS) is 1. The Bertz CT molecular complexity index is 219. The number of carboxylic acids is 1. The van der Waals surface area contributed by atoms with Crippen molar-refractivity contribution in [3.05, 3.63) is 0 Å². The molecule has 2 atom stereocenters. The first-order valence-corrected chi connectivity index (χ1v) is 5.12. The average molecular weight is 201 g/mol. The van der Waals surface area contributed by atoms with Gasteiger partial charge in [-0.3, -0.25) is 9.69 Å². The second-order valence-corrected chi connectivity index (χ2v) is 4.41. The molecule has 0 amide bonds. The number of nitrogens with zero attached hydrogens (tertiary/aromatic N) is 1. The van der Waals surface area contributed by atoms with E-state index in [1.165, 1.54) is 0 Å². The molecule has 82 valence electrons. The highest BCUT2D eigenvalue weighted by Gasteiger charge is 2.40. The van der Waals surface area contributed by atoms with Crippen LogP contribution in [0.2, 0.25) is 0 Å². The van der Waals surface area contributed by atoms with Crippen molar-refractivity contribution < 1.29 is 15.0 Å². The van der Waals surface area contributed by atoms with Gasteiger partial charge in [-0.15, -0.1) is 0 Å². The van der Waals surface area contributed by atoms with Gasteiger partial charge < -0.3 is 10.2 Å². The van der Waals surface area contributed by atoms with E-state index in [0.29, 0.717) is 19.5 Å². The predicted octanol–water partition coefficient (Wildman–Crippen LogP) is 0.554. The fourth-order valence-electron chi connectivity index (χ4n) is 1.81. The van der Waals surface area contributed by atoms with Crippen LogP contribution in [0.25, 0.3) is 0 Å². The maximum absolute atomic E-state index is 10.9. The van der Waals surface area contributed by atoms with Crippen molar-refractivity contribution in [2.75, 3.05) is 19.6 Å². The Morgan fingerprint density at radius 1 is 1.64 bits per heavy atom. The van der Waals surface area contributed by atoms with Crippen LogP contribution in [0.1, 0.15) is 26.7 Å². The van der Waals surface area contributed by atoms with Crippen LogP contribution >= 0.6 is 0 Å². The summed E-state index contributed by atoms with van der Waals surface area (Å²) in [4.78, 5) is 13.0. The molecule has 0 spiro atoms. The normalized spacial score (nSPS) is 30.5. The number of β-amino-alcohol motifs (C(OH)–C–C–N with tert-alkyl or cyclic N) is 1. The van der Waals surface area contributed by atoms with Gasteiger partial charge in [-0.25, -0.2) is 0 Å². The monoisotopic (exact) mass is 201 g/mol.